The van der Waals surface area contributed by atoms with E-state index in [9.17, 15) is 19.1 Å². The molecular weight excluding hydrogens is 249 g/mol. The number of benzene rings is 1. The molecule has 0 saturated heterocycles. The lowest BCUT2D eigenvalue weighted by Gasteiger charge is -2.38. The summed E-state index contributed by atoms with van der Waals surface area (Å²) in [6.07, 6.45) is 1.30. The Bertz CT molecular complexity index is 529. The number of carbonyl (C=O) groups excluding carboxylic acids is 1. The Labute approximate surface area is 110 Å². The molecule has 0 bridgehead atoms. The normalized spacial score (nSPS) is 21.3. The van der Waals surface area contributed by atoms with Crippen molar-refractivity contribution in [3.63, 3.8) is 0 Å². The van der Waals surface area contributed by atoms with Crippen molar-refractivity contribution in [2.24, 2.45) is 0 Å². The second-order valence-electron chi connectivity index (χ2n) is 5.07. The fraction of sp³-hybridized carbons (Fsp3) is 0.429. The molecule has 0 heterocycles. The van der Waals surface area contributed by atoms with Gasteiger partial charge in [-0.15, -0.1) is 0 Å². The highest BCUT2D eigenvalue weighted by Crippen LogP contribution is 2.42. The topological polar surface area (TPSA) is 57.6 Å². The second-order valence-corrected chi connectivity index (χ2v) is 5.07. The van der Waals surface area contributed by atoms with Crippen LogP contribution in [-0.4, -0.2) is 28.4 Å². The van der Waals surface area contributed by atoms with Gasteiger partial charge >= 0.3 is 5.97 Å². The largest absolute Gasteiger partial charge is 0.479 e. The second kappa shape index (κ2) is 4.64. The number of halogens is 1. The Kier molecular flexibility index (Phi) is 3.30. The molecule has 1 unspecified atom stereocenters. The van der Waals surface area contributed by atoms with E-state index in [1.807, 2.05) is 0 Å². The molecule has 5 heteroatoms. The zero-order valence-corrected chi connectivity index (χ0v) is 10.9. The van der Waals surface area contributed by atoms with Crippen LogP contribution in [-0.2, 0) is 21.5 Å². The van der Waals surface area contributed by atoms with Gasteiger partial charge in [-0.05, 0) is 49.9 Å². The van der Waals surface area contributed by atoms with Gasteiger partial charge in [0.15, 0.2) is 5.54 Å². The molecule has 0 spiro atoms. The van der Waals surface area contributed by atoms with Crippen molar-refractivity contribution in [3.8, 4) is 0 Å². The van der Waals surface area contributed by atoms with Crippen LogP contribution in [0.5, 0.6) is 0 Å². The SMILES string of the molecule is CC(C)N(C=O)C1(C(=O)O)CCc2cc(F)ccc21. The van der Waals surface area contributed by atoms with Crippen LogP contribution < -0.4 is 0 Å². The molecule has 4 nitrogen and oxygen atoms in total. The van der Waals surface area contributed by atoms with Gasteiger partial charge in [-0.2, -0.15) is 0 Å². The molecule has 102 valence electrons. The summed E-state index contributed by atoms with van der Waals surface area (Å²) in [5.74, 6) is -1.46. The third-order valence-corrected chi connectivity index (χ3v) is 3.73. The minimum Gasteiger partial charge on any atom is -0.479 e. The minimum atomic E-state index is -1.38. The lowest BCUT2D eigenvalue weighted by Crippen LogP contribution is -2.53. The number of aryl methyl sites for hydroxylation is 1. The fourth-order valence-corrected chi connectivity index (χ4v) is 2.88. The van der Waals surface area contributed by atoms with E-state index in [1.54, 1.807) is 13.8 Å². The molecule has 1 aliphatic rings. The molecule has 1 aromatic rings. The number of amides is 1. The van der Waals surface area contributed by atoms with Gasteiger partial charge in [-0.25, -0.2) is 9.18 Å². The van der Waals surface area contributed by atoms with E-state index in [2.05, 4.69) is 0 Å². The van der Waals surface area contributed by atoms with Crippen LogP contribution in [0.2, 0.25) is 0 Å². The molecule has 0 aliphatic heterocycles. The van der Waals surface area contributed by atoms with Gasteiger partial charge in [0.2, 0.25) is 6.41 Å². The first-order chi connectivity index (χ1) is 8.93. The molecule has 0 saturated carbocycles. The molecule has 19 heavy (non-hydrogen) atoms. The van der Waals surface area contributed by atoms with Crippen LogP contribution in [0.25, 0.3) is 0 Å². The number of fused-ring (bicyclic) bond motifs is 1. The van der Waals surface area contributed by atoms with Gasteiger partial charge in [0.25, 0.3) is 0 Å². The summed E-state index contributed by atoms with van der Waals surface area (Å²) in [5.41, 5.74) is -0.198. The monoisotopic (exact) mass is 265 g/mol. The van der Waals surface area contributed by atoms with Crippen molar-refractivity contribution in [3.05, 3.63) is 35.1 Å². The molecule has 1 aromatic carbocycles. The lowest BCUT2D eigenvalue weighted by atomic mass is 9.89. The molecule has 0 radical (unpaired) electrons. The third kappa shape index (κ3) is 1.89. The highest BCUT2D eigenvalue weighted by molar-refractivity contribution is 5.85. The summed E-state index contributed by atoms with van der Waals surface area (Å²) < 4.78 is 13.2. The van der Waals surface area contributed by atoms with Crippen molar-refractivity contribution in [2.75, 3.05) is 0 Å². The van der Waals surface area contributed by atoms with Gasteiger partial charge < -0.3 is 10.0 Å². The number of nitrogens with zero attached hydrogens (tertiary/aromatic N) is 1. The molecule has 0 fully saturated rings. The highest BCUT2D eigenvalue weighted by Gasteiger charge is 2.50. The number of aliphatic carboxylic acids is 1. The summed E-state index contributed by atoms with van der Waals surface area (Å²) in [4.78, 5) is 24.4. The molecule has 1 aliphatic carbocycles. The molecule has 2 rings (SSSR count). The van der Waals surface area contributed by atoms with E-state index in [0.29, 0.717) is 24.0 Å². The average Bonchev–Trinajstić information content (AvgIpc) is 2.69. The van der Waals surface area contributed by atoms with E-state index >= 15 is 0 Å². The van der Waals surface area contributed by atoms with E-state index in [-0.39, 0.29) is 18.3 Å². The van der Waals surface area contributed by atoms with Gasteiger partial charge in [0.1, 0.15) is 5.82 Å². The molecule has 1 amide bonds. The zero-order valence-electron chi connectivity index (χ0n) is 10.9. The molecular formula is C14H16FNO3. The molecule has 1 N–H and O–H groups in total. The standard InChI is InChI=1S/C14H16FNO3/c1-9(2)16(8-17)14(13(18)19)6-5-10-7-11(15)3-4-12(10)14/h3-4,7-9H,5-6H2,1-2H3,(H,18,19). The Hall–Kier alpha value is -1.91. The van der Waals surface area contributed by atoms with Gasteiger partial charge in [-0.1, -0.05) is 6.07 Å². The Morgan fingerprint density at radius 2 is 2.21 bits per heavy atom. The Balaban J connectivity index is 2.62. The van der Waals surface area contributed by atoms with Crippen LogP contribution in [0, 0.1) is 5.82 Å². The summed E-state index contributed by atoms with van der Waals surface area (Å²) in [6, 6.07) is 3.82. The number of rotatable bonds is 4. The highest BCUT2D eigenvalue weighted by atomic mass is 19.1. The first kappa shape index (κ1) is 13.5. The van der Waals surface area contributed by atoms with Gasteiger partial charge in [-0.3, -0.25) is 4.79 Å². The zero-order chi connectivity index (χ0) is 14.2. The van der Waals surface area contributed by atoms with E-state index < -0.39 is 11.5 Å². The number of hydrogen-bond acceptors (Lipinski definition) is 2. The van der Waals surface area contributed by atoms with Crippen molar-refractivity contribution in [2.45, 2.75) is 38.3 Å². The van der Waals surface area contributed by atoms with Crippen LogP contribution in [0.4, 0.5) is 4.39 Å². The predicted molar refractivity (Wildman–Crippen MR) is 67.1 cm³/mol. The van der Waals surface area contributed by atoms with Gasteiger partial charge in [0.05, 0.1) is 0 Å². The summed E-state index contributed by atoms with van der Waals surface area (Å²) >= 11 is 0. The van der Waals surface area contributed by atoms with Crippen molar-refractivity contribution in [1.82, 2.24) is 4.90 Å². The van der Waals surface area contributed by atoms with Crippen LogP contribution >= 0.6 is 0 Å². The average molecular weight is 265 g/mol. The smallest absolute Gasteiger partial charge is 0.334 e. The van der Waals surface area contributed by atoms with Crippen molar-refractivity contribution < 1.29 is 19.1 Å². The maximum Gasteiger partial charge on any atom is 0.334 e. The van der Waals surface area contributed by atoms with Crippen LogP contribution in [0.3, 0.4) is 0 Å². The fourth-order valence-electron chi connectivity index (χ4n) is 2.88. The predicted octanol–water partition coefficient (Wildman–Crippen LogP) is 1.92. The Morgan fingerprint density at radius 3 is 2.74 bits per heavy atom. The summed E-state index contributed by atoms with van der Waals surface area (Å²) in [7, 11) is 0. The Morgan fingerprint density at radius 1 is 1.53 bits per heavy atom. The van der Waals surface area contributed by atoms with Crippen LogP contribution in [0.15, 0.2) is 18.2 Å². The quantitative estimate of drug-likeness (QED) is 0.846. The molecule has 0 aromatic heterocycles. The number of carbonyl (C=O) groups is 2. The first-order valence-electron chi connectivity index (χ1n) is 6.19. The minimum absolute atomic E-state index is 0.246. The maximum absolute atomic E-state index is 13.2. The van der Waals surface area contributed by atoms with Gasteiger partial charge in [0, 0.05) is 6.04 Å². The summed E-state index contributed by atoms with van der Waals surface area (Å²) in [5, 5.41) is 9.64. The van der Waals surface area contributed by atoms with Crippen molar-refractivity contribution >= 4 is 12.4 Å². The van der Waals surface area contributed by atoms with E-state index in [0.717, 1.165) is 0 Å². The number of hydrogen-bond donors (Lipinski definition) is 1. The number of carboxylic acid groups (broad SMARTS) is 1. The maximum atomic E-state index is 13.2. The number of carboxylic acids is 1. The van der Waals surface area contributed by atoms with E-state index in [1.165, 1.54) is 23.1 Å². The third-order valence-electron chi connectivity index (χ3n) is 3.73. The lowest BCUT2D eigenvalue weighted by molar-refractivity contribution is -0.158. The van der Waals surface area contributed by atoms with E-state index in [4.69, 9.17) is 0 Å². The van der Waals surface area contributed by atoms with Crippen LogP contribution in [0.1, 0.15) is 31.4 Å². The summed E-state index contributed by atoms with van der Waals surface area (Å²) in [6.45, 7) is 3.53. The molecule has 1 atom stereocenters. The first-order valence-corrected chi connectivity index (χ1v) is 6.19. The van der Waals surface area contributed by atoms with Crippen molar-refractivity contribution in [1.29, 1.82) is 0 Å².